The van der Waals surface area contributed by atoms with Crippen LogP contribution in [-0.2, 0) is 10.2 Å². The second-order valence-electron chi connectivity index (χ2n) is 6.94. The van der Waals surface area contributed by atoms with Gasteiger partial charge in [-0.1, -0.05) is 50.6 Å². The summed E-state index contributed by atoms with van der Waals surface area (Å²) in [5.41, 5.74) is 7.21. The van der Waals surface area contributed by atoms with Crippen molar-refractivity contribution < 1.29 is 4.79 Å². The second-order valence-corrected chi connectivity index (χ2v) is 6.94. The van der Waals surface area contributed by atoms with Crippen molar-refractivity contribution in [2.24, 2.45) is 11.7 Å². The Labute approximate surface area is 140 Å². The van der Waals surface area contributed by atoms with Crippen molar-refractivity contribution in [3.63, 3.8) is 0 Å². The average molecular weight is 325 g/mol. The van der Waals surface area contributed by atoms with Gasteiger partial charge in [0.05, 0.1) is 0 Å². The highest BCUT2D eigenvalue weighted by Crippen LogP contribution is 2.29. The van der Waals surface area contributed by atoms with Crippen LogP contribution in [0.4, 0.5) is 0 Å². The molecule has 1 aromatic rings. The molecular formula is C18H29ClN2O. The maximum absolute atomic E-state index is 12.3. The molecule has 0 radical (unpaired) electrons. The first kappa shape index (κ1) is 19.0. The molecule has 1 aromatic carbocycles. The lowest BCUT2D eigenvalue weighted by Crippen LogP contribution is -2.46. The number of benzene rings is 1. The first-order chi connectivity index (χ1) is 9.91. The summed E-state index contributed by atoms with van der Waals surface area (Å²) in [4.78, 5) is 12.3. The molecule has 0 bridgehead atoms. The van der Waals surface area contributed by atoms with E-state index in [1.807, 2.05) is 18.2 Å². The SMILES string of the molecule is CC(NC(=O)C[C@@H]1CCC[C@H]1N)C(C)(C)c1ccccc1.Cl. The normalized spacial score (nSPS) is 22.7. The number of carbonyl (C=O) groups excluding carboxylic acids is 1. The Kier molecular flexibility index (Phi) is 6.89. The summed E-state index contributed by atoms with van der Waals surface area (Å²) in [5.74, 6) is 0.492. The zero-order valence-electron chi connectivity index (χ0n) is 13.8. The number of hydrogen-bond acceptors (Lipinski definition) is 2. The molecule has 2 rings (SSSR count). The Balaban J connectivity index is 0.00000242. The van der Waals surface area contributed by atoms with Gasteiger partial charge in [0, 0.05) is 23.9 Å². The largest absolute Gasteiger partial charge is 0.353 e. The molecule has 0 spiro atoms. The second kappa shape index (κ2) is 7.98. The van der Waals surface area contributed by atoms with Crippen molar-refractivity contribution >= 4 is 18.3 Å². The Morgan fingerprint density at radius 2 is 1.95 bits per heavy atom. The van der Waals surface area contributed by atoms with Crippen molar-refractivity contribution in [1.82, 2.24) is 5.32 Å². The summed E-state index contributed by atoms with van der Waals surface area (Å²) >= 11 is 0. The van der Waals surface area contributed by atoms with Crippen molar-refractivity contribution in [3.05, 3.63) is 35.9 Å². The highest BCUT2D eigenvalue weighted by atomic mass is 35.5. The van der Waals surface area contributed by atoms with Crippen molar-refractivity contribution in [2.75, 3.05) is 0 Å². The Morgan fingerprint density at radius 1 is 1.32 bits per heavy atom. The highest BCUT2D eigenvalue weighted by molar-refractivity contribution is 5.85. The van der Waals surface area contributed by atoms with Gasteiger partial charge >= 0.3 is 0 Å². The fraction of sp³-hybridized carbons (Fsp3) is 0.611. The van der Waals surface area contributed by atoms with Crippen molar-refractivity contribution in [3.8, 4) is 0 Å². The minimum absolute atomic E-state index is 0. The van der Waals surface area contributed by atoms with Gasteiger partial charge in [0.1, 0.15) is 0 Å². The van der Waals surface area contributed by atoms with Crippen LogP contribution in [0.3, 0.4) is 0 Å². The van der Waals surface area contributed by atoms with E-state index in [4.69, 9.17) is 5.73 Å². The molecule has 1 aliphatic rings. The quantitative estimate of drug-likeness (QED) is 0.872. The molecule has 0 aromatic heterocycles. The van der Waals surface area contributed by atoms with Gasteiger partial charge in [-0.15, -0.1) is 12.4 Å². The molecule has 3 N–H and O–H groups in total. The topological polar surface area (TPSA) is 55.1 Å². The molecule has 3 atom stereocenters. The average Bonchev–Trinajstić information content (AvgIpc) is 2.85. The van der Waals surface area contributed by atoms with E-state index < -0.39 is 0 Å². The third-order valence-electron chi connectivity index (χ3n) is 5.14. The molecule has 0 aliphatic heterocycles. The molecule has 3 nitrogen and oxygen atoms in total. The lowest BCUT2D eigenvalue weighted by molar-refractivity contribution is -0.123. The minimum atomic E-state index is -0.0886. The van der Waals surface area contributed by atoms with Crippen LogP contribution in [0.1, 0.15) is 52.0 Å². The van der Waals surface area contributed by atoms with E-state index in [-0.39, 0.29) is 35.8 Å². The van der Waals surface area contributed by atoms with Crippen molar-refractivity contribution in [2.45, 2.75) is 64.0 Å². The number of carbonyl (C=O) groups is 1. The van der Waals surface area contributed by atoms with Crippen LogP contribution in [0, 0.1) is 5.92 Å². The van der Waals surface area contributed by atoms with Crippen LogP contribution in [0.25, 0.3) is 0 Å². The van der Waals surface area contributed by atoms with E-state index in [1.165, 1.54) is 5.56 Å². The smallest absolute Gasteiger partial charge is 0.220 e. The van der Waals surface area contributed by atoms with Crippen LogP contribution >= 0.6 is 12.4 Å². The number of hydrogen-bond donors (Lipinski definition) is 2. The van der Waals surface area contributed by atoms with Gasteiger partial charge in [0.2, 0.25) is 5.91 Å². The summed E-state index contributed by atoms with van der Waals surface area (Å²) < 4.78 is 0. The summed E-state index contributed by atoms with van der Waals surface area (Å²) in [5, 5.41) is 3.17. The lowest BCUT2D eigenvalue weighted by Gasteiger charge is -2.33. The van der Waals surface area contributed by atoms with Crippen LogP contribution < -0.4 is 11.1 Å². The third-order valence-corrected chi connectivity index (χ3v) is 5.14. The molecule has 124 valence electrons. The molecule has 1 aliphatic carbocycles. The number of rotatable bonds is 5. The van der Waals surface area contributed by atoms with E-state index >= 15 is 0 Å². The lowest BCUT2D eigenvalue weighted by atomic mass is 9.78. The van der Waals surface area contributed by atoms with Crippen molar-refractivity contribution in [1.29, 1.82) is 0 Å². The van der Waals surface area contributed by atoms with Crippen LogP contribution in [0.15, 0.2) is 30.3 Å². The number of halogens is 1. The van der Waals surface area contributed by atoms with Gasteiger partial charge in [-0.05, 0) is 31.2 Å². The number of amides is 1. The van der Waals surface area contributed by atoms with E-state index in [9.17, 15) is 4.79 Å². The zero-order valence-corrected chi connectivity index (χ0v) is 14.7. The predicted octanol–water partition coefficient (Wildman–Crippen LogP) is 3.41. The fourth-order valence-electron chi connectivity index (χ4n) is 3.16. The first-order valence-corrected chi connectivity index (χ1v) is 8.01. The number of nitrogens with one attached hydrogen (secondary N) is 1. The van der Waals surface area contributed by atoms with E-state index in [2.05, 4.69) is 38.2 Å². The fourth-order valence-corrected chi connectivity index (χ4v) is 3.16. The molecule has 1 amide bonds. The predicted molar refractivity (Wildman–Crippen MR) is 94.3 cm³/mol. The van der Waals surface area contributed by atoms with Gasteiger partial charge in [-0.25, -0.2) is 0 Å². The maximum atomic E-state index is 12.3. The zero-order chi connectivity index (χ0) is 15.5. The summed E-state index contributed by atoms with van der Waals surface area (Å²) in [6, 6.07) is 10.6. The van der Waals surface area contributed by atoms with Crippen LogP contribution in [-0.4, -0.2) is 18.0 Å². The highest BCUT2D eigenvalue weighted by Gasteiger charge is 2.31. The van der Waals surface area contributed by atoms with E-state index in [0.29, 0.717) is 12.3 Å². The summed E-state index contributed by atoms with van der Waals surface area (Å²) in [7, 11) is 0. The minimum Gasteiger partial charge on any atom is -0.353 e. The van der Waals surface area contributed by atoms with E-state index in [1.54, 1.807) is 0 Å². The molecule has 1 fully saturated rings. The molecular weight excluding hydrogens is 296 g/mol. The van der Waals surface area contributed by atoms with Gasteiger partial charge in [0.25, 0.3) is 0 Å². The monoisotopic (exact) mass is 324 g/mol. The molecule has 22 heavy (non-hydrogen) atoms. The Bertz CT molecular complexity index is 475. The molecule has 4 heteroatoms. The maximum Gasteiger partial charge on any atom is 0.220 e. The van der Waals surface area contributed by atoms with Gasteiger partial charge in [-0.2, -0.15) is 0 Å². The summed E-state index contributed by atoms with van der Waals surface area (Å²) in [6.07, 6.45) is 3.87. The van der Waals surface area contributed by atoms with Gasteiger partial charge < -0.3 is 11.1 Å². The molecule has 0 saturated heterocycles. The first-order valence-electron chi connectivity index (χ1n) is 8.01. The Morgan fingerprint density at radius 3 is 2.50 bits per heavy atom. The Hall–Kier alpha value is -1.06. The van der Waals surface area contributed by atoms with Gasteiger partial charge in [-0.3, -0.25) is 4.79 Å². The molecule has 1 saturated carbocycles. The van der Waals surface area contributed by atoms with Crippen LogP contribution in [0.5, 0.6) is 0 Å². The van der Waals surface area contributed by atoms with Crippen LogP contribution in [0.2, 0.25) is 0 Å². The summed E-state index contributed by atoms with van der Waals surface area (Å²) in [6.45, 7) is 6.43. The number of nitrogens with two attached hydrogens (primary N) is 1. The van der Waals surface area contributed by atoms with E-state index in [0.717, 1.165) is 19.3 Å². The van der Waals surface area contributed by atoms with Gasteiger partial charge in [0.15, 0.2) is 0 Å². The third kappa shape index (κ3) is 4.47. The molecule has 1 unspecified atom stereocenters. The standard InChI is InChI=1S/C18H28N2O.ClH/c1-13(18(2,3)15-9-5-4-6-10-15)20-17(21)12-14-8-7-11-16(14)19;/h4-6,9-10,13-14,16H,7-8,11-12,19H2,1-3H3,(H,20,21);1H/t13?,14-,16+;/m0./s1. The molecule has 0 heterocycles.